The standard InChI is InChI=1S/C17H23N5/c1-4-15-20-16(18)22-17(21-15)19-14-8-6-11(3)13-9-10(2)5-7-12(13)14/h5,7,9,11,14H,4,6,8H2,1-3H3,(H3,18,19,20,21,22). The van der Waals surface area contributed by atoms with Crippen LogP contribution in [0.2, 0.25) is 0 Å². The summed E-state index contributed by atoms with van der Waals surface area (Å²) in [6.45, 7) is 6.45. The van der Waals surface area contributed by atoms with Gasteiger partial charge in [0.1, 0.15) is 5.82 Å². The predicted molar refractivity (Wildman–Crippen MR) is 88.8 cm³/mol. The second kappa shape index (κ2) is 5.91. The average Bonchev–Trinajstić information content (AvgIpc) is 2.49. The topological polar surface area (TPSA) is 76.7 Å². The molecule has 116 valence electrons. The number of hydrogen-bond acceptors (Lipinski definition) is 5. The first-order valence-electron chi connectivity index (χ1n) is 7.94. The van der Waals surface area contributed by atoms with Crippen molar-refractivity contribution < 1.29 is 0 Å². The number of hydrogen-bond donors (Lipinski definition) is 2. The van der Waals surface area contributed by atoms with Crippen molar-refractivity contribution in [2.24, 2.45) is 0 Å². The lowest BCUT2D eigenvalue weighted by Gasteiger charge is -2.30. The van der Waals surface area contributed by atoms with Gasteiger partial charge in [0.25, 0.3) is 0 Å². The number of aromatic nitrogens is 3. The first kappa shape index (κ1) is 14.8. The maximum Gasteiger partial charge on any atom is 0.228 e. The Morgan fingerprint density at radius 2 is 2.00 bits per heavy atom. The maximum atomic E-state index is 5.77. The van der Waals surface area contributed by atoms with Crippen LogP contribution in [-0.2, 0) is 6.42 Å². The minimum absolute atomic E-state index is 0.235. The fourth-order valence-corrected chi connectivity index (χ4v) is 3.13. The third-order valence-corrected chi connectivity index (χ3v) is 4.36. The summed E-state index contributed by atoms with van der Waals surface area (Å²) in [5.74, 6) is 2.18. The van der Waals surface area contributed by atoms with E-state index in [1.807, 2.05) is 6.92 Å². The van der Waals surface area contributed by atoms with E-state index in [0.29, 0.717) is 11.9 Å². The number of nitrogens with zero attached hydrogens (tertiary/aromatic N) is 3. The van der Waals surface area contributed by atoms with Crippen LogP contribution in [-0.4, -0.2) is 15.0 Å². The normalized spacial score (nSPS) is 20.5. The zero-order valence-corrected chi connectivity index (χ0v) is 13.4. The number of nitrogen functional groups attached to an aromatic ring is 1. The fraction of sp³-hybridized carbons (Fsp3) is 0.471. The molecule has 0 saturated carbocycles. The van der Waals surface area contributed by atoms with Gasteiger partial charge in [-0.2, -0.15) is 15.0 Å². The molecule has 0 saturated heterocycles. The summed E-state index contributed by atoms with van der Waals surface area (Å²) in [4.78, 5) is 12.8. The predicted octanol–water partition coefficient (Wildman–Crippen LogP) is 3.38. The quantitative estimate of drug-likeness (QED) is 0.908. The lowest BCUT2D eigenvalue weighted by atomic mass is 9.80. The molecule has 1 aliphatic rings. The molecule has 2 unspecified atom stereocenters. The van der Waals surface area contributed by atoms with Gasteiger partial charge in [0.2, 0.25) is 11.9 Å². The highest BCUT2D eigenvalue weighted by molar-refractivity contribution is 5.43. The highest BCUT2D eigenvalue weighted by Gasteiger charge is 2.25. The minimum atomic E-state index is 0.235. The molecule has 0 radical (unpaired) electrons. The number of anilines is 2. The Balaban J connectivity index is 1.91. The van der Waals surface area contributed by atoms with Crippen molar-refractivity contribution in [3.8, 4) is 0 Å². The van der Waals surface area contributed by atoms with Crippen LogP contribution in [0.5, 0.6) is 0 Å². The van der Waals surface area contributed by atoms with Crippen LogP contribution >= 0.6 is 0 Å². The van der Waals surface area contributed by atoms with E-state index in [4.69, 9.17) is 5.73 Å². The van der Waals surface area contributed by atoms with Gasteiger partial charge in [-0.05, 0) is 36.8 Å². The van der Waals surface area contributed by atoms with Gasteiger partial charge in [-0.25, -0.2) is 0 Å². The molecule has 0 aliphatic heterocycles. The SMILES string of the molecule is CCc1nc(N)nc(NC2CCC(C)c3cc(C)ccc32)n1. The number of benzene rings is 1. The number of aryl methyl sites for hydroxylation is 2. The van der Waals surface area contributed by atoms with Gasteiger partial charge < -0.3 is 11.1 Å². The highest BCUT2D eigenvalue weighted by atomic mass is 15.2. The monoisotopic (exact) mass is 297 g/mol. The molecular formula is C17H23N5. The van der Waals surface area contributed by atoms with Crippen molar-refractivity contribution in [3.05, 3.63) is 40.7 Å². The number of rotatable bonds is 3. The van der Waals surface area contributed by atoms with Crippen molar-refractivity contribution in [1.29, 1.82) is 0 Å². The van der Waals surface area contributed by atoms with Gasteiger partial charge in [-0.1, -0.05) is 37.6 Å². The van der Waals surface area contributed by atoms with Crippen LogP contribution in [0.3, 0.4) is 0 Å². The van der Waals surface area contributed by atoms with E-state index in [2.05, 4.69) is 52.3 Å². The Kier molecular flexibility index (Phi) is 3.96. The Bertz CT molecular complexity index is 683. The molecule has 1 aromatic carbocycles. The Labute approximate surface area is 131 Å². The molecule has 22 heavy (non-hydrogen) atoms. The first-order valence-corrected chi connectivity index (χ1v) is 7.94. The second-order valence-electron chi connectivity index (χ2n) is 6.09. The third-order valence-electron chi connectivity index (χ3n) is 4.36. The van der Waals surface area contributed by atoms with Gasteiger partial charge in [0.15, 0.2) is 0 Å². The molecule has 5 heteroatoms. The molecule has 1 heterocycles. The van der Waals surface area contributed by atoms with Crippen LogP contribution < -0.4 is 11.1 Å². The zero-order chi connectivity index (χ0) is 15.7. The average molecular weight is 297 g/mol. The van der Waals surface area contributed by atoms with Gasteiger partial charge >= 0.3 is 0 Å². The molecule has 0 bridgehead atoms. The van der Waals surface area contributed by atoms with Crippen molar-refractivity contribution in [2.45, 2.75) is 52.0 Å². The van der Waals surface area contributed by atoms with Crippen molar-refractivity contribution in [2.75, 3.05) is 11.1 Å². The molecule has 5 nitrogen and oxygen atoms in total. The van der Waals surface area contributed by atoms with E-state index in [0.717, 1.165) is 25.1 Å². The molecule has 0 spiro atoms. The Morgan fingerprint density at radius 3 is 2.77 bits per heavy atom. The summed E-state index contributed by atoms with van der Waals surface area (Å²) < 4.78 is 0. The summed E-state index contributed by atoms with van der Waals surface area (Å²) >= 11 is 0. The molecule has 3 N–H and O–H groups in total. The van der Waals surface area contributed by atoms with Crippen molar-refractivity contribution in [3.63, 3.8) is 0 Å². The molecule has 3 rings (SSSR count). The van der Waals surface area contributed by atoms with Crippen molar-refractivity contribution in [1.82, 2.24) is 15.0 Å². The summed E-state index contributed by atoms with van der Waals surface area (Å²) in [6, 6.07) is 6.93. The van der Waals surface area contributed by atoms with Gasteiger partial charge in [0.05, 0.1) is 6.04 Å². The van der Waals surface area contributed by atoms with Crippen LogP contribution in [0.15, 0.2) is 18.2 Å². The summed E-state index contributed by atoms with van der Waals surface area (Å²) in [5, 5.41) is 3.45. The largest absolute Gasteiger partial charge is 0.368 e. The van der Waals surface area contributed by atoms with E-state index in [1.54, 1.807) is 0 Å². The number of nitrogens with two attached hydrogens (primary N) is 1. The van der Waals surface area contributed by atoms with E-state index in [9.17, 15) is 0 Å². The summed E-state index contributed by atoms with van der Waals surface area (Å²) in [5.41, 5.74) is 9.86. The molecular weight excluding hydrogens is 274 g/mol. The molecule has 0 amide bonds. The maximum absolute atomic E-state index is 5.77. The lowest BCUT2D eigenvalue weighted by Crippen LogP contribution is -2.21. The first-order chi connectivity index (χ1) is 10.6. The lowest BCUT2D eigenvalue weighted by molar-refractivity contribution is 0.531. The second-order valence-corrected chi connectivity index (χ2v) is 6.09. The number of nitrogens with one attached hydrogen (secondary N) is 1. The smallest absolute Gasteiger partial charge is 0.228 e. The molecule has 0 fully saturated rings. The van der Waals surface area contributed by atoms with E-state index in [1.165, 1.54) is 16.7 Å². The fourth-order valence-electron chi connectivity index (χ4n) is 3.13. The summed E-state index contributed by atoms with van der Waals surface area (Å²) in [6.07, 6.45) is 2.98. The Morgan fingerprint density at radius 1 is 1.18 bits per heavy atom. The van der Waals surface area contributed by atoms with E-state index >= 15 is 0 Å². The molecule has 1 aromatic heterocycles. The van der Waals surface area contributed by atoms with Gasteiger partial charge in [0, 0.05) is 6.42 Å². The van der Waals surface area contributed by atoms with Crippen molar-refractivity contribution >= 4 is 11.9 Å². The molecule has 2 aromatic rings. The van der Waals surface area contributed by atoms with Crippen LogP contribution in [0.4, 0.5) is 11.9 Å². The highest BCUT2D eigenvalue weighted by Crippen LogP contribution is 2.38. The Hall–Kier alpha value is -2.17. The third kappa shape index (κ3) is 2.89. The van der Waals surface area contributed by atoms with Crippen LogP contribution in [0, 0.1) is 6.92 Å². The minimum Gasteiger partial charge on any atom is -0.368 e. The van der Waals surface area contributed by atoms with E-state index < -0.39 is 0 Å². The molecule has 1 aliphatic carbocycles. The van der Waals surface area contributed by atoms with E-state index in [-0.39, 0.29) is 12.0 Å². The van der Waals surface area contributed by atoms with Gasteiger partial charge in [-0.3, -0.25) is 0 Å². The zero-order valence-electron chi connectivity index (χ0n) is 13.4. The number of fused-ring (bicyclic) bond motifs is 1. The van der Waals surface area contributed by atoms with Crippen LogP contribution in [0.1, 0.15) is 61.2 Å². The van der Waals surface area contributed by atoms with Gasteiger partial charge in [-0.15, -0.1) is 0 Å². The van der Waals surface area contributed by atoms with Crippen LogP contribution in [0.25, 0.3) is 0 Å². The molecule has 2 atom stereocenters. The summed E-state index contributed by atoms with van der Waals surface area (Å²) in [7, 11) is 0.